The normalized spacial score (nSPS) is 10.9. The smallest absolute Gasteiger partial charge is 0.126 e. The monoisotopic (exact) mass is 237 g/mol. The van der Waals surface area contributed by atoms with Crippen LogP contribution >= 0.6 is 0 Å². The maximum atomic E-state index is 8.28. The molecule has 0 N–H and O–H groups in total. The molecule has 0 amide bonds. The summed E-state index contributed by atoms with van der Waals surface area (Å²) < 4.78 is 5.16. The molecule has 1 aromatic carbocycles. The summed E-state index contributed by atoms with van der Waals surface area (Å²) in [5, 5.41) is 3.51. The molecule has 0 aliphatic rings. The van der Waals surface area contributed by atoms with E-state index in [9.17, 15) is 0 Å². The molecule has 0 saturated heterocycles. The van der Waals surface area contributed by atoms with Gasteiger partial charge in [0.05, 0.1) is 6.26 Å². The lowest BCUT2D eigenvalue weighted by Gasteiger charge is -1.93. The topological polar surface area (TPSA) is 61.9 Å². The molecule has 0 atom stereocenters. The molecule has 2 aromatic rings. The van der Waals surface area contributed by atoms with Crippen LogP contribution in [0.4, 0.5) is 5.69 Å². The van der Waals surface area contributed by atoms with Crippen LogP contribution < -0.4 is 0 Å². The predicted octanol–water partition coefficient (Wildman–Crippen LogP) is 4.95. The zero-order valence-electron chi connectivity index (χ0n) is 9.60. The number of allylic oxidation sites excluding steroid dienone is 2. The van der Waals surface area contributed by atoms with E-state index in [0.717, 1.165) is 11.3 Å². The van der Waals surface area contributed by atoms with Gasteiger partial charge in [-0.1, -0.05) is 47.6 Å². The molecule has 18 heavy (non-hydrogen) atoms. The van der Waals surface area contributed by atoms with E-state index >= 15 is 0 Å². The molecule has 4 nitrogen and oxygen atoms in total. The average molecular weight is 237 g/mol. The number of hydrogen-bond donors (Lipinski definition) is 0. The summed E-state index contributed by atoms with van der Waals surface area (Å²) in [7, 11) is 0. The summed E-state index contributed by atoms with van der Waals surface area (Å²) in [6.45, 7) is 0. The van der Waals surface area contributed by atoms with Crippen LogP contribution in [0.1, 0.15) is 11.3 Å². The molecule has 4 heteroatoms. The Morgan fingerprint density at radius 2 is 1.83 bits per heavy atom. The molecule has 0 saturated carbocycles. The van der Waals surface area contributed by atoms with E-state index in [1.165, 1.54) is 0 Å². The molecule has 0 radical (unpaired) electrons. The molecule has 88 valence electrons. The standard InChI is InChI=1S/C14H11N3O/c15-17-16-13-9-7-12(8-10-13)4-1-2-5-14-6-3-11-18-14/h1-11H/b4-1+,5-2+. The van der Waals surface area contributed by atoms with Crippen LogP contribution in [0.25, 0.3) is 22.6 Å². The Morgan fingerprint density at radius 1 is 1.06 bits per heavy atom. The molecule has 2 rings (SSSR count). The maximum Gasteiger partial charge on any atom is 0.126 e. The lowest BCUT2D eigenvalue weighted by molar-refractivity contribution is 0.557. The fraction of sp³-hybridized carbons (Fsp3) is 0. The Kier molecular flexibility index (Phi) is 4.01. The number of furan rings is 1. The highest BCUT2D eigenvalue weighted by atomic mass is 16.3. The van der Waals surface area contributed by atoms with Crippen molar-refractivity contribution < 1.29 is 4.42 Å². The van der Waals surface area contributed by atoms with Gasteiger partial charge in [-0.3, -0.25) is 0 Å². The van der Waals surface area contributed by atoms with Crippen LogP contribution in [0.3, 0.4) is 0 Å². The van der Waals surface area contributed by atoms with Crippen LogP contribution in [-0.2, 0) is 0 Å². The van der Waals surface area contributed by atoms with Gasteiger partial charge in [0.25, 0.3) is 0 Å². The third-order valence-electron chi connectivity index (χ3n) is 2.26. The third-order valence-corrected chi connectivity index (χ3v) is 2.26. The first-order valence-electron chi connectivity index (χ1n) is 5.42. The van der Waals surface area contributed by atoms with E-state index < -0.39 is 0 Å². The molecule has 0 aliphatic heterocycles. The molecule has 0 aliphatic carbocycles. The Bertz CT molecular complexity index is 588. The van der Waals surface area contributed by atoms with Crippen LogP contribution in [0.2, 0.25) is 0 Å². The van der Waals surface area contributed by atoms with E-state index in [4.69, 9.17) is 9.95 Å². The van der Waals surface area contributed by atoms with E-state index in [2.05, 4.69) is 10.0 Å². The minimum atomic E-state index is 0.612. The van der Waals surface area contributed by atoms with Gasteiger partial charge in [-0.15, -0.1) is 0 Å². The van der Waals surface area contributed by atoms with E-state index in [1.807, 2.05) is 48.6 Å². The van der Waals surface area contributed by atoms with Crippen LogP contribution in [0.15, 0.2) is 64.3 Å². The van der Waals surface area contributed by atoms with Gasteiger partial charge in [0.15, 0.2) is 0 Å². The number of benzene rings is 1. The van der Waals surface area contributed by atoms with Gasteiger partial charge in [-0.2, -0.15) is 0 Å². The highest BCUT2D eigenvalue weighted by Gasteiger charge is 1.88. The van der Waals surface area contributed by atoms with E-state index in [1.54, 1.807) is 18.4 Å². The first kappa shape index (κ1) is 11.8. The minimum absolute atomic E-state index is 0.612. The largest absolute Gasteiger partial charge is 0.465 e. The van der Waals surface area contributed by atoms with Crippen molar-refractivity contribution >= 4 is 17.8 Å². The van der Waals surface area contributed by atoms with Crippen LogP contribution in [0, 0.1) is 0 Å². The Labute approximate surface area is 104 Å². The fourth-order valence-electron chi connectivity index (χ4n) is 1.41. The summed E-state index contributed by atoms with van der Waals surface area (Å²) >= 11 is 0. The average Bonchev–Trinajstić information content (AvgIpc) is 2.90. The van der Waals surface area contributed by atoms with Crippen molar-refractivity contribution in [1.82, 2.24) is 0 Å². The van der Waals surface area contributed by atoms with E-state index in [-0.39, 0.29) is 0 Å². The van der Waals surface area contributed by atoms with Crippen molar-refractivity contribution in [1.29, 1.82) is 0 Å². The summed E-state index contributed by atoms with van der Waals surface area (Å²) in [5.74, 6) is 0.818. The predicted molar refractivity (Wildman–Crippen MR) is 72.0 cm³/mol. The zero-order chi connectivity index (χ0) is 12.6. The summed E-state index contributed by atoms with van der Waals surface area (Å²) in [6, 6.07) is 11.1. The Hall–Kier alpha value is -2.71. The van der Waals surface area contributed by atoms with Crippen molar-refractivity contribution in [2.45, 2.75) is 0 Å². The quantitative estimate of drug-likeness (QED) is 0.321. The molecule has 0 unspecified atom stereocenters. The number of azide groups is 1. The Morgan fingerprint density at radius 3 is 2.50 bits per heavy atom. The minimum Gasteiger partial charge on any atom is -0.465 e. The summed E-state index contributed by atoms with van der Waals surface area (Å²) in [5.41, 5.74) is 9.93. The van der Waals surface area contributed by atoms with Crippen LogP contribution in [0.5, 0.6) is 0 Å². The lowest BCUT2D eigenvalue weighted by atomic mass is 10.2. The molecule has 1 heterocycles. The lowest BCUT2D eigenvalue weighted by Crippen LogP contribution is -1.69. The SMILES string of the molecule is [N-]=[N+]=Nc1ccc(/C=C/C=C/c2ccco2)cc1. The number of hydrogen-bond acceptors (Lipinski definition) is 2. The molecule has 0 fully saturated rings. The molecule has 1 aromatic heterocycles. The van der Waals surface area contributed by atoms with Gasteiger partial charge < -0.3 is 4.42 Å². The van der Waals surface area contributed by atoms with Crippen LogP contribution in [-0.4, -0.2) is 0 Å². The fourth-order valence-corrected chi connectivity index (χ4v) is 1.41. The highest BCUT2D eigenvalue weighted by Crippen LogP contribution is 2.14. The maximum absolute atomic E-state index is 8.28. The second-order valence-electron chi connectivity index (χ2n) is 3.51. The molecular formula is C14H11N3O. The summed E-state index contributed by atoms with van der Waals surface area (Å²) in [6.07, 6.45) is 9.30. The van der Waals surface area contributed by atoms with Crippen molar-refractivity contribution in [2.75, 3.05) is 0 Å². The van der Waals surface area contributed by atoms with Crippen molar-refractivity contribution in [3.05, 3.63) is 76.6 Å². The van der Waals surface area contributed by atoms with Crippen molar-refractivity contribution in [2.24, 2.45) is 5.11 Å². The zero-order valence-corrected chi connectivity index (χ0v) is 9.60. The van der Waals surface area contributed by atoms with E-state index in [0.29, 0.717) is 5.69 Å². The molecule has 0 bridgehead atoms. The number of rotatable bonds is 4. The first-order valence-corrected chi connectivity index (χ1v) is 5.42. The van der Waals surface area contributed by atoms with Gasteiger partial charge in [-0.25, -0.2) is 0 Å². The van der Waals surface area contributed by atoms with Gasteiger partial charge in [-0.05, 0) is 29.3 Å². The van der Waals surface area contributed by atoms with Gasteiger partial charge in [0, 0.05) is 10.6 Å². The second kappa shape index (κ2) is 6.13. The second-order valence-corrected chi connectivity index (χ2v) is 3.51. The van der Waals surface area contributed by atoms with Crippen molar-refractivity contribution in [3.63, 3.8) is 0 Å². The Balaban J connectivity index is 1.98. The third kappa shape index (κ3) is 3.40. The van der Waals surface area contributed by atoms with Gasteiger partial charge in [0.1, 0.15) is 5.76 Å². The highest BCUT2D eigenvalue weighted by molar-refractivity contribution is 5.57. The number of nitrogens with zero attached hydrogens (tertiary/aromatic N) is 3. The van der Waals surface area contributed by atoms with Gasteiger partial charge in [0.2, 0.25) is 0 Å². The molecule has 0 spiro atoms. The first-order chi connectivity index (χ1) is 8.88. The summed E-state index contributed by atoms with van der Waals surface area (Å²) in [4.78, 5) is 2.72. The molecular weight excluding hydrogens is 226 g/mol. The van der Waals surface area contributed by atoms with Crippen molar-refractivity contribution in [3.8, 4) is 0 Å². The van der Waals surface area contributed by atoms with Gasteiger partial charge >= 0.3 is 0 Å².